The summed E-state index contributed by atoms with van der Waals surface area (Å²) in [4.78, 5) is 8.53. The van der Waals surface area contributed by atoms with Gasteiger partial charge in [-0.3, -0.25) is 0 Å². The first kappa shape index (κ1) is 16.2. The van der Waals surface area contributed by atoms with Crippen LogP contribution in [0.25, 0.3) is 11.0 Å². The van der Waals surface area contributed by atoms with E-state index in [1.165, 1.54) is 18.5 Å². The molecule has 2 heterocycles. The molecule has 3 aromatic rings. The highest BCUT2D eigenvalue weighted by atomic mass is 19.1. The number of aliphatic hydroxyl groups excluding tert-OH is 2. The average molecular weight is 341 g/mol. The van der Waals surface area contributed by atoms with Gasteiger partial charge in [0.15, 0.2) is 0 Å². The highest BCUT2D eigenvalue weighted by molar-refractivity contribution is 5.78. The molecule has 1 aromatic carbocycles. The predicted octanol–water partition coefficient (Wildman–Crippen LogP) is 2.40. The zero-order valence-electron chi connectivity index (χ0n) is 13.9. The number of halogens is 1. The second-order valence-corrected chi connectivity index (χ2v) is 6.79. The van der Waals surface area contributed by atoms with Crippen molar-refractivity contribution >= 4 is 11.0 Å². The molecule has 6 heteroatoms. The minimum atomic E-state index is -0.865. The smallest absolute Gasteiger partial charge is 0.143 e. The third-order valence-corrected chi connectivity index (χ3v) is 5.25. The molecule has 0 radical (unpaired) electrons. The van der Waals surface area contributed by atoms with Crippen molar-refractivity contribution in [2.24, 2.45) is 5.92 Å². The molecule has 130 valence electrons. The number of hydrogen-bond donors (Lipinski definition) is 2. The van der Waals surface area contributed by atoms with E-state index in [1.807, 2.05) is 23.8 Å². The van der Waals surface area contributed by atoms with E-state index in [9.17, 15) is 14.6 Å². The third kappa shape index (κ3) is 2.81. The molecule has 2 N–H and O–H groups in total. The molecule has 0 spiro atoms. The number of benzene rings is 1. The Balaban J connectivity index is 1.61. The van der Waals surface area contributed by atoms with E-state index in [1.54, 1.807) is 12.1 Å². The van der Waals surface area contributed by atoms with Gasteiger partial charge < -0.3 is 14.8 Å². The number of hydrogen-bond acceptors (Lipinski definition) is 4. The first-order valence-electron chi connectivity index (χ1n) is 8.43. The molecule has 0 bridgehead atoms. The maximum absolute atomic E-state index is 13.1. The van der Waals surface area contributed by atoms with Crippen LogP contribution in [0, 0.1) is 18.7 Å². The summed E-state index contributed by atoms with van der Waals surface area (Å²) in [6, 6.07) is 7.99. The van der Waals surface area contributed by atoms with Gasteiger partial charge in [0.2, 0.25) is 0 Å². The van der Waals surface area contributed by atoms with Gasteiger partial charge in [0, 0.05) is 11.6 Å². The molecule has 1 aliphatic carbocycles. The standard InChI is InChI=1S/C19H20FN3O2/c1-11-15-6-7-23(19(15)22-10-21-11)16-9-13(17(24)18(16)25)8-12-2-4-14(20)5-3-12/h2-7,10,13,16-18,24-25H,8-9H2,1H3/t13?,16?,17-,18+/m1/s1. The molecule has 1 fully saturated rings. The second-order valence-electron chi connectivity index (χ2n) is 6.79. The summed E-state index contributed by atoms with van der Waals surface area (Å²) in [5.74, 6) is -0.367. The lowest BCUT2D eigenvalue weighted by Crippen LogP contribution is -2.30. The Hall–Kier alpha value is -2.31. The Bertz CT molecular complexity index is 893. The first-order valence-corrected chi connectivity index (χ1v) is 8.43. The van der Waals surface area contributed by atoms with Crippen molar-refractivity contribution in [2.75, 3.05) is 0 Å². The molecule has 25 heavy (non-hydrogen) atoms. The molecule has 0 aliphatic heterocycles. The molecule has 1 aliphatic rings. The summed E-state index contributed by atoms with van der Waals surface area (Å²) in [6.07, 6.45) is 2.95. The zero-order valence-corrected chi connectivity index (χ0v) is 13.9. The highest BCUT2D eigenvalue weighted by Gasteiger charge is 2.42. The van der Waals surface area contributed by atoms with Crippen LogP contribution < -0.4 is 0 Å². The lowest BCUT2D eigenvalue weighted by molar-refractivity contribution is 0.00683. The second kappa shape index (κ2) is 6.20. The molecular weight excluding hydrogens is 321 g/mol. The normalized spacial score (nSPS) is 26.4. The Kier molecular flexibility index (Phi) is 4.01. The Morgan fingerprint density at radius 3 is 2.64 bits per heavy atom. The quantitative estimate of drug-likeness (QED) is 0.767. The van der Waals surface area contributed by atoms with Crippen LogP contribution in [0.15, 0.2) is 42.9 Å². The van der Waals surface area contributed by atoms with Crippen molar-refractivity contribution in [2.45, 2.75) is 38.0 Å². The number of nitrogens with zero attached hydrogens (tertiary/aromatic N) is 3. The molecular formula is C19H20FN3O2. The van der Waals surface area contributed by atoms with Crippen molar-refractivity contribution in [3.63, 3.8) is 0 Å². The maximum atomic E-state index is 13.1. The summed E-state index contributed by atoms with van der Waals surface area (Å²) >= 11 is 0. The highest BCUT2D eigenvalue weighted by Crippen LogP contribution is 2.38. The lowest BCUT2D eigenvalue weighted by atomic mass is 9.96. The fourth-order valence-electron chi connectivity index (χ4n) is 3.87. The van der Waals surface area contributed by atoms with Crippen LogP contribution in [0.5, 0.6) is 0 Å². The van der Waals surface area contributed by atoms with Crippen LogP contribution in [0.2, 0.25) is 0 Å². The van der Waals surface area contributed by atoms with Crippen LogP contribution in [-0.2, 0) is 6.42 Å². The lowest BCUT2D eigenvalue weighted by Gasteiger charge is -2.19. The number of fused-ring (bicyclic) bond motifs is 1. The van der Waals surface area contributed by atoms with Gasteiger partial charge in [-0.25, -0.2) is 14.4 Å². The van der Waals surface area contributed by atoms with E-state index in [2.05, 4.69) is 9.97 Å². The molecule has 1 saturated carbocycles. The van der Waals surface area contributed by atoms with Gasteiger partial charge in [-0.1, -0.05) is 12.1 Å². The van der Waals surface area contributed by atoms with E-state index in [0.29, 0.717) is 12.8 Å². The molecule has 2 unspecified atom stereocenters. The Morgan fingerprint density at radius 2 is 1.88 bits per heavy atom. The minimum Gasteiger partial charge on any atom is -0.390 e. The summed E-state index contributed by atoms with van der Waals surface area (Å²) in [5, 5.41) is 22.0. The molecule has 0 saturated heterocycles. The SMILES string of the molecule is Cc1ncnc2c1ccn2C1CC(Cc2ccc(F)cc2)[C@@H](O)[C@H]1O. The third-order valence-electron chi connectivity index (χ3n) is 5.25. The van der Waals surface area contributed by atoms with Gasteiger partial charge in [0.05, 0.1) is 17.8 Å². The molecule has 2 aromatic heterocycles. The number of rotatable bonds is 3. The monoisotopic (exact) mass is 341 g/mol. The van der Waals surface area contributed by atoms with Crippen LogP contribution in [0.4, 0.5) is 4.39 Å². The summed E-state index contributed by atoms with van der Waals surface area (Å²) in [6.45, 7) is 1.92. The summed E-state index contributed by atoms with van der Waals surface area (Å²) in [7, 11) is 0. The predicted molar refractivity (Wildman–Crippen MR) is 91.5 cm³/mol. The van der Waals surface area contributed by atoms with Crippen molar-refractivity contribution in [1.29, 1.82) is 0 Å². The number of aromatic nitrogens is 3. The molecule has 5 nitrogen and oxygen atoms in total. The first-order chi connectivity index (χ1) is 12.0. The van der Waals surface area contributed by atoms with Gasteiger partial charge in [-0.05, 0) is 49.4 Å². The fraction of sp³-hybridized carbons (Fsp3) is 0.368. The van der Waals surface area contributed by atoms with Crippen LogP contribution >= 0.6 is 0 Å². The van der Waals surface area contributed by atoms with E-state index < -0.39 is 12.2 Å². The average Bonchev–Trinajstić information content (AvgIpc) is 3.14. The van der Waals surface area contributed by atoms with Crippen molar-refractivity contribution < 1.29 is 14.6 Å². The largest absolute Gasteiger partial charge is 0.390 e. The van der Waals surface area contributed by atoms with E-state index in [-0.39, 0.29) is 17.8 Å². The molecule has 4 rings (SSSR count). The van der Waals surface area contributed by atoms with E-state index in [4.69, 9.17) is 0 Å². The van der Waals surface area contributed by atoms with Gasteiger partial charge in [-0.15, -0.1) is 0 Å². The van der Waals surface area contributed by atoms with Gasteiger partial charge in [-0.2, -0.15) is 0 Å². The number of aliphatic hydroxyl groups is 2. The Morgan fingerprint density at radius 1 is 1.12 bits per heavy atom. The van der Waals surface area contributed by atoms with Crippen LogP contribution in [0.1, 0.15) is 23.7 Å². The molecule has 0 amide bonds. The summed E-state index contributed by atoms with van der Waals surface area (Å²) < 4.78 is 15.0. The Labute approximate surface area is 144 Å². The van der Waals surface area contributed by atoms with Crippen molar-refractivity contribution in [3.8, 4) is 0 Å². The van der Waals surface area contributed by atoms with Crippen LogP contribution in [0.3, 0.4) is 0 Å². The summed E-state index contributed by atoms with van der Waals surface area (Å²) in [5.41, 5.74) is 2.61. The molecule has 4 atom stereocenters. The van der Waals surface area contributed by atoms with E-state index >= 15 is 0 Å². The van der Waals surface area contributed by atoms with E-state index in [0.717, 1.165) is 22.3 Å². The van der Waals surface area contributed by atoms with Gasteiger partial charge in [0.25, 0.3) is 0 Å². The van der Waals surface area contributed by atoms with Crippen LogP contribution in [-0.4, -0.2) is 37.0 Å². The minimum absolute atomic E-state index is 0.0918. The van der Waals surface area contributed by atoms with Gasteiger partial charge >= 0.3 is 0 Å². The topological polar surface area (TPSA) is 71.2 Å². The number of aryl methyl sites for hydroxylation is 1. The zero-order chi connectivity index (χ0) is 17.6. The maximum Gasteiger partial charge on any atom is 0.143 e. The van der Waals surface area contributed by atoms with Gasteiger partial charge in [0.1, 0.15) is 23.9 Å². The van der Waals surface area contributed by atoms with Crippen molar-refractivity contribution in [1.82, 2.24) is 14.5 Å². The fourth-order valence-corrected chi connectivity index (χ4v) is 3.87. The van der Waals surface area contributed by atoms with Crippen molar-refractivity contribution in [3.05, 3.63) is 59.9 Å².